The number of furan rings is 1. The third-order valence-electron chi connectivity index (χ3n) is 4.49. The van der Waals surface area contributed by atoms with Crippen LogP contribution in [-0.4, -0.2) is 35.9 Å². The van der Waals surface area contributed by atoms with Gasteiger partial charge >= 0.3 is 0 Å². The summed E-state index contributed by atoms with van der Waals surface area (Å²) in [5.74, 6) is 2.47. The molecule has 0 saturated carbocycles. The highest BCUT2D eigenvalue weighted by atomic mass is 79.9. The van der Waals surface area contributed by atoms with Crippen LogP contribution in [0.2, 0.25) is 0 Å². The van der Waals surface area contributed by atoms with E-state index >= 15 is 0 Å². The summed E-state index contributed by atoms with van der Waals surface area (Å²) in [6.45, 7) is 4.78. The summed E-state index contributed by atoms with van der Waals surface area (Å²) in [5.41, 5.74) is 1.14. The minimum absolute atomic E-state index is 0.222. The largest absolute Gasteiger partial charge is 0.494 e. The molecule has 6 heteroatoms. The van der Waals surface area contributed by atoms with Crippen LogP contribution in [0, 0.1) is 0 Å². The first-order chi connectivity index (χ1) is 14.6. The number of aliphatic hydroxyl groups excluding tert-OH is 1. The highest BCUT2D eigenvalue weighted by Crippen LogP contribution is 2.18. The predicted octanol–water partition coefficient (Wildman–Crippen LogP) is 5.27. The third kappa shape index (κ3) is 7.52. The zero-order valence-corrected chi connectivity index (χ0v) is 18.8. The maximum atomic E-state index is 10.6. The summed E-state index contributed by atoms with van der Waals surface area (Å²) in [4.78, 5) is 2.15. The molecule has 0 aliphatic heterocycles. The van der Waals surface area contributed by atoms with Gasteiger partial charge in [-0.25, -0.2) is 0 Å². The van der Waals surface area contributed by atoms with Gasteiger partial charge in [0.2, 0.25) is 0 Å². The van der Waals surface area contributed by atoms with Crippen molar-refractivity contribution in [2.75, 3.05) is 19.8 Å². The number of aliphatic hydroxyl groups is 1. The van der Waals surface area contributed by atoms with Gasteiger partial charge in [-0.05, 0) is 60.5 Å². The van der Waals surface area contributed by atoms with Gasteiger partial charge in [-0.3, -0.25) is 4.90 Å². The lowest BCUT2D eigenvalue weighted by Crippen LogP contribution is -2.35. The van der Waals surface area contributed by atoms with Crippen molar-refractivity contribution in [3.8, 4) is 11.5 Å². The average Bonchev–Trinajstić information content (AvgIpc) is 3.26. The van der Waals surface area contributed by atoms with Gasteiger partial charge in [0.15, 0.2) is 0 Å². The Labute approximate surface area is 186 Å². The Kier molecular flexibility index (Phi) is 8.81. The number of hydrogen-bond acceptors (Lipinski definition) is 5. The van der Waals surface area contributed by atoms with Crippen LogP contribution < -0.4 is 9.47 Å². The van der Waals surface area contributed by atoms with Gasteiger partial charge in [0.25, 0.3) is 0 Å². The van der Waals surface area contributed by atoms with E-state index in [0.29, 0.717) is 26.2 Å². The van der Waals surface area contributed by atoms with Crippen molar-refractivity contribution in [3.63, 3.8) is 0 Å². The fraction of sp³-hybridized carbons (Fsp3) is 0.333. The maximum Gasteiger partial charge on any atom is 0.119 e. The van der Waals surface area contributed by atoms with Gasteiger partial charge in [0, 0.05) is 17.6 Å². The summed E-state index contributed by atoms with van der Waals surface area (Å²) in [6.07, 6.45) is 2.02. The van der Waals surface area contributed by atoms with Crippen molar-refractivity contribution >= 4 is 15.9 Å². The average molecular weight is 474 g/mol. The molecule has 0 amide bonds. The summed E-state index contributed by atoms with van der Waals surface area (Å²) in [5, 5.41) is 10.6. The summed E-state index contributed by atoms with van der Waals surface area (Å²) in [6, 6.07) is 19.5. The molecule has 0 spiro atoms. The number of nitrogens with zero attached hydrogens (tertiary/aromatic N) is 1. The smallest absolute Gasteiger partial charge is 0.119 e. The summed E-state index contributed by atoms with van der Waals surface area (Å²) >= 11 is 3.41. The molecule has 30 heavy (non-hydrogen) atoms. The van der Waals surface area contributed by atoms with Crippen LogP contribution in [0.1, 0.15) is 24.7 Å². The monoisotopic (exact) mass is 473 g/mol. The molecule has 2 aromatic carbocycles. The SMILES string of the molecule is CCCOc1ccc(CN(Cc2ccco2)CC(O)COc2ccc(Br)cc2)cc1. The lowest BCUT2D eigenvalue weighted by atomic mass is 10.2. The first-order valence-electron chi connectivity index (χ1n) is 10.2. The molecule has 0 aliphatic rings. The molecule has 0 aliphatic carbocycles. The molecule has 5 nitrogen and oxygen atoms in total. The number of ether oxygens (including phenoxy) is 2. The Morgan fingerprint density at radius 1 is 0.967 bits per heavy atom. The third-order valence-corrected chi connectivity index (χ3v) is 5.02. The van der Waals surface area contributed by atoms with Crippen molar-refractivity contribution in [2.24, 2.45) is 0 Å². The van der Waals surface area contributed by atoms with E-state index in [9.17, 15) is 5.11 Å². The molecular weight excluding hydrogens is 446 g/mol. The molecule has 0 radical (unpaired) electrons. The van der Waals surface area contributed by atoms with Crippen molar-refractivity contribution in [2.45, 2.75) is 32.5 Å². The Balaban J connectivity index is 1.57. The van der Waals surface area contributed by atoms with Gasteiger partial charge in [-0.2, -0.15) is 0 Å². The fourth-order valence-electron chi connectivity index (χ4n) is 3.05. The van der Waals surface area contributed by atoms with E-state index in [-0.39, 0.29) is 6.61 Å². The second kappa shape index (κ2) is 11.8. The number of halogens is 1. The lowest BCUT2D eigenvalue weighted by Gasteiger charge is -2.24. The number of rotatable bonds is 12. The molecule has 0 saturated heterocycles. The second-order valence-corrected chi connectivity index (χ2v) is 8.08. The van der Waals surface area contributed by atoms with E-state index in [1.54, 1.807) is 6.26 Å². The molecule has 1 atom stereocenters. The maximum absolute atomic E-state index is 10.6. The lowest BCUT2D eigenvalue weighted by molar-refractivity contribution is 0.0604. The van der Waals surface area contributed by atoms with Crippen LogP contribution in [0.15, 0.2) is 75.8 Å². The Bertz CT molecular complexity index is 850. The highest BCUT2D eigenvalue weighted by Gasteiger charge is 2.15. The van der Waals surface area contributed by atoms with Gasteiger partial charge in [-0.1, -0.05) is 35.0 Å². The normalized spacial score (nSPS) is 12.1. The molecule has 1 N–H and O–H groups in total. The second-order valence-electron chi connectivity index (χ2n) is 7.16. The molecule has 3 aromatic rings. The minimum Gasteiger partial charge on any atom is -0.494 e. The van der Waals surface area contributed by atoms with E-state index in [1.807, 2.05) is 48.5 Å². The molecule has 3 rings (SSSR count). The van der Waals surface area contributed by atoms with Crippen LogP contribution in [0.3, 0.4) is 0 Å². The van der Waals surface area contributed by atoms with Gasteiger partial charge in [-0.15, -0.1) is 0 Å². The first kappa shape index (κ1) is 22.4. The molecule has 0 bridgehead atoms. The van der Waals surface area contributed by atoms with Crippen molar-refractivity contribution in [1.82, 2.24) is 4.90 Å². The van der Waals surface area contributed by atoms with Crippen molar-refractivity contribution in [3.05, 3.63) is 82.7 Å². The van der Waals surface area contributed by atoms with Crippen LogP contribution in [-0.2, 0) is 13.1 Å². The summed E-state index contributed by atoms with van der Waals surface area (Å²) in [7, 11) is 0. The van der Waals surface area contributed by atoms with E-state index in [1.165, 1.54) is 0 Å². The van der Waals surface area contributed by atoms with Gasteiger partial charge < -0.3 is 19.0 Å². The van der Waals surface area contributed by atoms with Gasteiger partial charge in [0.1, 0.15) is 30.0 Å². The standard InChI is InChI=1S/C24H28BrNO4/c1-2-13-28-22-9-5-19(6-10-22)15-26(17-24-4-3-14-29-24)16-21(27)18-30-23-11-7-20(25)8-12-23/h3-12,14,21,27H,2,13,15-18H2,1H3. The predicted molar refractivity (Wildman–Crippen MR) is 121 cm³/mol. The summed E-state index contributed by atoms with van der Waals surface area (Å²) < 4.78 is 17.9. The minimum atomic E-state index is -0.629. The zero-order valence-electron chi connectivity index (χ0n) is 17.2. The topological polar surface area (TPSA) is 55.1 Å². The number of benzene rings is 2. The van der Waals surface area contributed by atoms with Crippen molar-refractivity contribution < 1.29 is 19.0 Å². The van der Waals surface area contributed by atoms with Crippen molar-refractivity contribution in [1.29, 1.82) is 0 Å². The van der Waals surface area contributed by atoms with Gasteiger partial charge in [0.05, 0.1) is 19.4 Å². The number of hydrogen-bond donors (Lipinski definition) is 1. The molecule has 1 aromatic heterocycles. The molecule has 160 valence electrons. The Morgan fingerprint density at radius 3 is 2.33 bits per heavy atom. The molecule has 1 heterocycles. The molecule has 0 fully saturated rings. The highest BCUT2D eigenvalue weighted by molar-refractivity contribution is 9.10. The fourth-order valence-corrected chi connectivity index (χ4v) is 3.32. The molecular formula is C24H28BrNO4. The van der Waals surface area contributed by atoms with Crippen LogP contribution in [0.5, 0.6) is 11.5 Å². The Morgan fingerprint density at radius 2 is 1.67 bits per heavy atom. The quantitative estimate of drug-likeness (QED) is 0.388. The van der Waals surface area contributed by atoms with Crippen LogP contribution in [0.25, 0.3) is 0 Å². The Hall–Kier alpha value is -2.28. The van der Waals surface area contributed by atoms with Crippen LogP contribution in [0.4, 0.5) is 0 Å². The first-order valence-corrected chi connectivity index (χ1v) is 10.9. The van der Waals surface area contributed by atoms with E-state index in [0.717, 1.165) is 33.7 Å². The van der Waals surface area contributed by atoms with Crippen LogP contribution >= 0.6 is 15.9 Å². The van der Waals surface area contributed by atoms with E-state index in [4.69, 9.17) is 13.9 Å². The zero-order chi connectivity index (χ0) is 21.2. The van der Waals surface area contributed by atoms with E-state index < -0.39 is 6.10 Å². The molecule has 1 unspecified atom stereocenters. The van der Waals surface area contributed by atoms with E-state index in [2.05, 4.69) is 39.9 Å².